The highest BCUT2D eigenvalue weighted by atomic mass is 19.1. The van der Waals surface area contributed by atoms with E-state index in [9.17, 15) is 9.50 Å². The summed E-state index contributed by atoms with van der Waals surface area (Å²) >= 11 is 0. The molecule has 16 heavy (non-hydrogen) atoms. The third-order valence-electron chi connectivity index (χ3n) is 3.19. The Morgan fingerprint density at radius 2 is 2.38 bits per heavy atom. The number of hydrogen-bond acceptors (Lipinski definition) is 4. The van der Waals surface area contributed by atoms with Crippen molar-refractivity contribution in [1.29, 1.82) is 0 Å². The maximum Gasteiger partial charge on any atom is 0.183 e. The van der Waals surface area contributed by atoms with E-state index < -0.39 is 5.82 Å². The summed E-state index contributed by atoms with van der Waals surface area (Å²) in [5.74, 6) is 0.0864. The molecule has 0 spiro atoms. The van der Waals surface area contributed by atoms with Gasteiger partial charge in [-0.1, -0.05) is 13.3 Å². The number of hydrogen-bond donors (Lipinski definition) is 2. The van der Waals surface area contributed by atoms with Crippen molar-refractivity contribution in [2.75, 3.05) is 5.32 Å². The van der Waals surface area contributed by atoms with Crippen LogP contribution >= 0.6 is 0 Å². The van der Waals surface area contributed by atoms with Gasteiger partial charge in [0, 0.05) is 6.04 Å². The van der Waals surface area contributed by atoms with Crippen molar-refractivity contribution in [2.45, 2.75) is 38.3 Å². The zero-order valence-electron chi connectivity index (χ0n) is 9.23. The molecule has 4 nitrogen and oxygen atoms in total. The van der Waals surface area contributed by atoms with Crippen LogP contribution in [0.25, 0.3) is 0 Å². The lowest BCUT2D eigenvalue weighted by Crippen LogP contribution is -2.18. The Morgan fingerprint density at radius 1 is 1.56 bits per heavy atom. The van der Waals surface area contributed by atoms with Crippen LogP contribution in [-0.4, -0.2) is 27.2 Å². The van der Waals surface area contributed by atoms with Crippen LogP contribution in [0.2, 0.25) is 0 Å². The minimum Gasteiger partial charge on any atom is -0.393 e. The fraction of sp³-hybridized carbons (Fsp3) is 0.636. The number of rotatable bonds is 3. The molecule has 88 valence electrons. The average molecular weight is 225 g/mol. The molecule has 1 aliphatic rings. The van der Waals surface area contributed by atoms with Crippen molar-refractivity contribution in [3.8, 4) is 0 Å². The maximum absolute atomic E-state index is 13.3. The predicted molar refractivity (Wildman–Crippen MR) is 58.4 cm³/mol. The fourth-order valence-corrected chi connectivity index (χ4v) is 2.27. The highest BCUT2D eigenvalue weighted by Crippen LogP contribution is 2.30. The maximum atomic E-state index is 13.3. The standard InChI is InChI=1S/C11H16FN3O/c1-2-7-3-8(4-10(7)16)15-11-9(12)5-13-6-14-11/h5-8,10,16H,2-4H2,1H3,(H,13,14,15)/t7-,8+,10-/m0/s1. The lowest BCUT2D eigenvalue weighted by molar-refractivity contribution is 0.130. The lowest BCUT2D eigenvalue weighted by atomic mass is 10.0. The summed E-state index contributed by atoms with van der Waals surface area (Å²) in [5.41, 5.74) is 0. The van der Waals surface area contributed by atoms with E-state index in [0.717, 1.165) is 19.0 Å². The smallest absolute Gasteiger partial charge is 0.183 e. The molecule has 0 amide bonds. The Morgan fingerprint density at radius 3 is 3.00 bits per heavy atom. The van der Waals surface area contributed by atoms with Crippen molar-refractivity contribution in [2.24, 2.45) is 5.92 Å². The molecule has 1 aliphatic carbocycles. The van der Waals surface area contributed by atoms with Gasteiger partial charge in [-0.3, -0.25) is 0 Å². The summed E-state index contributed by atoms with van der Waals surface area (Å²) in [5, 5.41) is 12.8. The molecular weight excluding hydrogens is 209 g/mol. The van der Waals surface area contributed by atoms with Crippen LogP contribution in [0.1, 0.15) is 26.2 Å². The first-order valence-electron chi connectivity index (χ1n) is 5.60. The predicted octanol–water partition coefficient (Wildman–Crippen LogP) is 1.58. The van der Waals surface area contributed by atoms with E-state index >= 15 is 0 Å². The van der Waals surface area contributed by atoms with E-state index in [1.54, 1.807) is 0 Å². The summed E-state index contributed by atoms with van der Waals surface area (Å²) in [6.07, 6.45) is 4.63. The molecule has 0 aliphatic heterocycles. The van der Waals surface area contributed by atoms with Crippen LogP contribution in [-0.2, 0) is 0 Å². The molecule has 0 bridgehead atoms. The zero-order valence-corrected chi connectivity index (χ0v) is 9.23. The number of nitrogens with zero attached hydrogens (tertiary/aromatic N) is 2. The van der Waals surface area contributed by atoms with Crippen molar-refractivity contribution in [3.63, 3.8) is 0 Å². The van der Waals surface area contributed by atoms with Crippen molar-refractivity contribution < 1.29 is 9.50 Å². The average Bonchev–Trinajstić information content (AvgIpc) is 2.62. The molecule has 5 heteroatoms. The second-order valence-corrected chi connectivity index (χ2v) is 4.27. The molecule has 0 radical (unpaired) electrons. The summed E-state index contributed by atoms with van der Waals surface area (Å²) in [7, 11) is 0. The van der Waals surface area contributed by atoms with Gasteiger partial charge in [-0.05, 0) is 18.8 Å². The van der Waals surface area contributed by atoms with Crippen molar-refractivity contribution in [3.05, 3.63) is 18.3 Å². The van der Waals surface area contributed by atoms with E-state index in [1.807, 2.05) is 0 Å². The monoisotopic (exact) mass is 225 g/mol. The molecule has 3 atom stereocenters. The minimum absolute atomic E-state index is 0.101. The molecular formula is C11H16FN3O. The third-order valence-corrected chi connectivity index (χ3v) is 3.19. The van der Waals surface area contributed by atoms with Gasteiger partial charge in [-0.15, -0.1) is 0 Å². The van der Waals surface area contributed by atoms with Crippen LogP contribution in [0.5, 0.6) is 0 Å². The van der Waals surface area contributed by atoms with E-state index in [-0.39, 0.29) is 18.0 Å². The number of aliphatic hydroxyl groups excluding tert-OH is 1. The van der Waals surface area contributed by atoms with E-state index in [0.29, 0.717) is 12.3 Å². The summed E-state index contributed by atoms with van der Waals surface area (Å²) in [4.78, 5) is 7.43. The van der Waals surface area contributed by atoms with Crippen LogP contribution in [0.15, 0.2) is 12.5 Å². The second-order valence-electron chi connectivity index (χ2n) is 4.27. The Kier molecular flexibility index (Phi) is 3.33. The van der Waals surface area contributed by atoms with Crippen LogP contribution in [0, 0.1) is 11.7 Å². The quantitative estimate of drug-likeness (QED) is 0.820. The van der Waals surface area contributed by atoms with Gasteiger partial charge < -0.3 is 10.4 Å². The third kappa shape index (κ3) is 2.29. The molecule has 1 heterocycles. The molecule has 0 saturated heterocycles. The molecule has 0 unspecified atom stereocenters. The molecule has 0 aromatic carbocycles. The number of anilines is 1. The van der Waals surface area contributed by atoms with Gasteiger partial charge in [0.2, 0.25) is 0 Å². The zero-order chi connectivity index (χ0) is 11.5. The van der Waals surface area contributed by atoms with Gasteiger partial charge in [-0.25, -0.2) is 14.4 Å². The Hall–Kier alpha value is -1.23. The minimum atomic E-state index is -0.447. The molecule has 1 fully saturated rings. The second kappa shape index (κ2) is 4.74. The first-order valence-corrected chi connectivity index (χ1v) is 5.60. The lowest BCUT2D eigenvalue weighted by Gasteiger charge is -2.13. The van der Waals surface area contributed by atoms with E-state index in [4.69, 9.17) is 0 Å². The van der Waals surface area contributed by atoms with Crippen LogP contribution in [0.3, 0.4) is 0 Å². The molecule has 1 aromatic heterocycles. The van der Waals surface area contributed by atoms with E-state index in [2.05, 4.69) is 22.2 Å². The molecule has 1 aromatic rings. The number of nitrogens with one attached hydrogen (secondary N) is 1. The summed E-state index contributed by atoms with van der Waals surface area (Å²) in [6, 6.07) is 0.101. The van der Waals surface area contributed by atoms with Crippen LogP contribution < -0.4 is 5.32 Å². The van der Waals surface area contributed by atoms with Gasteiger partial charge in [-0.2, -0.15) is 0 Å². The fourth-order valence-electron chi connectivity index (χ4n) is 2.27. The normalized spacial score (nSPS) is 29.3. The highest BCUT2D eigenvalue weighted by Gasteiger charge is 2.32. The summed E-state index contributed by atoms with van der Waals surface area (Å²) < 4.78 is 13.3. The van der Waals surface area contributed by atoms with Gasteiger partial charge in [0.1, 0.15) is 6.33 Å². The molecule has 2 N–H and O–H groups in total. The number of aliphatic hydroxyl groups is 1. The first kappa shape index (κ1) is 11.3. The van der Waals surface area contributed by atoms with Crippen molar-refractivity contribution >= 4 is 5.82 Å². The SMILES string of the molecule is CC[C@H]1C[C@@H](Nc2ncncc2F)C[C@@H]1O. The first-order chi connectivity index (χ1) is 7.70. The van der Waals surface area contributed by atoms with Gasteiger partial charge in [0.15, 0.2) is 11.6 Å². The summed E-state index contributed by atoms with van der Waals surface area (Å²) in [6.45, 7) is 2.06. The molecule has 1 saturated carbocycles. The topological polar surface area (TPSA) is 58.0 Å². The largest absolute Gasteiger partial charge is 0.393 e. The molecule has 2 rings (SSSR count). The number of aromatic nitrogens is 2. The Balaban J connectivity index is 1.99. The van der Waals surface area contributed by atoms with Gasteiger partial charge >= 0.3 is 0 Å². The van der Waals surface area contributed by atoms with Gasteiger partial charge in [0.05, 0.1) is 12.3 Å². The van der Waals surface area contributed by atoms with Crippen LogP contribution in [0.4, 0.5) is 10.2 Å². The Bertz CT molecular complexity index is 361. The number of halogens is 1. The Labute approximate surface area is 93.9 Å². The van der Waals surface area contributed by atoms with Crippen molar-refractivity contribution in [1.82, 2.24) is 9.97 Å². The van der Waals surface area contributed by atoms with E-state index in [1.165, 1.54) is 6.33 Å². The van der Waals surface area contributed by atoms with Gasteiger partial charge in [0.25, 0.3) is 0 Å². The highest BCUT2D eigenvalue weighted by molar-refractivity contribution is 5.35.